The number of ether oxygens (including phenoxy) is 1. The summed E-state index contributed by atoms with van der Waals surface area (Å²) in [7, 11) is 0. The number of carbonyl (C=O) groups excluding carboxylic acids is 2. The van der Waals surface area contributed by atoms with Crippen LogP contribution in [0, 0.1) is 0 Å². The van der Waals surface area contributed by atoms with Gasteiger partial charge in [-0.3, -0.25) is 9.59 Å². The van der Waals surface area contributed by atoms with E-state index in [1.165, 1.54) is 6.08 Å². The topological polar surface area (TPSA) is 75.6 Å². The van der Waals surface area contributed by atoms with Gasteiger partial charge in [0.15, 0.2) is 5.78 Å². The minimum absolute atomic E-state index is 0.0402. The molecule has 0 atom stereocenters. The summed E-state index contributed by atoms with van der Waals surface area (Å²) >= 11 is 0. The van der Waals surface area contributed by atoms with Crippen LogP contribution in [-0.2, 0) is 9.59 Å². The highest BCUT2D eigenvalue weighted by atomic mass is 16.5. The first-order chi connectivity index (χ1) is 15.1. The van der Waals surface area contributed by atoms with Gasteiger partial charge < -0.3 is 15.2 Å². The molecule has 0 heterocycles. The van der Waals surface area contributed by atoms with Crippen LogP contribution in [0.4, 0.5) is 0 Å². The van der Waals surface area contributed by atoms with Crippen molar-refractivity contribution in [1.82, 2.24) is 5.32 Å². The van der Waals surface area contributed by atoms with Crippen LogP contribution in [0.5, 0.6) is 11.5 Å². The maximum absolute atomic E-state index is 11.5. The zero-order valence-electron chi connectivity index (χ0n) is 17.2. The van der Waals surface area contributed by atoms with Gasteiger partial charge in [-0.2, -0.15) is 0 Å². The minimum atomic E-state index is -0.165. The Balaban J connectivity index is 1.69. The molecule has 0 aliphatic heterocycles. The number of hydrogen-bond acceptors (Lipinski definition) is 4. The lowest BCUT2D eigenvalue weighted by Gasteiger charge is -2.14. The monoisotopic (exact) mass is 415 g/mol. The van der Waals surface area contributed by atoms with E-state index in [9.17, 15) is 14.7 Å². The summed E-state index contributed by atoms with van der Waals surface area (Å²) < 4.78 is 5.80. The lowest BCUT2D eigenvalue weighted by Crippen LogP contribution is -2.22. The highest BCUT2D eigenvalue weighted by Gasteiger charge is 2.12. The summed E-state index contributed by atoms with van der Waals surface area (Å²) in [5.74, 6) is 0.758. The van der Waals surface area contributed by atoms with E-state index in [4.69, 9.17) is 4.74 Å². The smallest absolute Gasteiger partial charge is 0.243 e. The molecule has 0 aromatic heterocycles. The predicted octanol–water partition coefficient (Wildman–Crippen LogP) is 4.35. The maximum Gasteiger partial charge on any atom is 0.243 e. The second kappa shape index (κ2) is 10.8. The normalized spacial score (nSPS) is 12.5. The van der Waals surface area contributed by atoms with Gasteiger partial charge in [-0.1, -0.05) is 43.0 Å². The van der Waals surface area contributed by atoms with E-state index in [0.29, 0.717) is 13.2 Å². The number of benzene rings is 2. The zero-order valence-corrected chi connectivity index (χ0v) is 17.2. The molecule has 2 aromatic carbocycles. The van der Waals surface area contributed by atoms with Gasteiger partial charge in [0.25, 0.3) is 0 Å². The number of carbonyl (C=O) groups is 2. The third kappa shape index (κ3) is 6.31. The molecule has 0 saturated carbocycles. The van der Waals surface area contributed by atoms with E-state index < -0.39 is 0 Å². The Morgan fingerprint density at radius 3 is 2.16 bits per heavy atom. The highest BCUT2D eigenvalue weighted by Crippen LogP contribution is 2.31. The molecule has 0 radical (unpaired) electrons. The van der Waals surface area contributed by atoms with Crippen LogP contribution >= 0.6 is 0 Å². The second-order valence-corrected chi connectivity index (χ2v) is 7.02. The average molecular weight is 415 g/mol. The Kier molecular flexibility index (Phi) is 7.60. The highest BCUT2D eigenvalue weighted by molar-refractivity contribution is 6.03. The fraction of sp³-hybridized carbons (Fsp3) is 0.154. The molecule has 0 fully saturated rings. The molecule has 31 heavy (non-hydrogen) atoms. The Morgan fingerprint density at radius 1 is 0.935 bits per heavy atom. The van der Waals surface area contributed by atoms with Crippen molar-refractivity contribution in [2.24, 2.45) is 0 Å². The predicted molar refractivity (Wildman–Crippen MR) is 122 cm³/mol. The van der Waals surface area contributed by atoms with Crippen molar-refractivity contribution in [3.63, 3.8) is 0 Å². The van der Waals surface area contributed by atoms with Gasteiger partial charge in [-0.15, -0.1) is 0 Å². The number of hydrogen-bond donors (Lipinski definition) is 2. The van der Waals surface area contributed by atoms with Gasteiger partial charge in [0, 0.05) is 6.54 Å². The molecule has 3 rings (SSSR count). The molecular weight excluding hydrogens is 390 g/mol. The molecule has 0 spiro atoms. The van der Waals surface area contributed by atoms with Crippen molar-refractivity contribution >= 4 is 17.3 Å². The summed E-state index contributed by atoms with van der Waals surface area (Å²) in [4.78, 5) is 22.6. The first kappa shape index (κ1) is 21.8. The Bertz CT molecular complexity index is 1010. The van der Waals surface area contributed by atoms with Crippen LogP contribution in [0.25, 0.3) is 5.57 Å². The van der Waals surface area contributed by atoms with Crippen LogP contribution in [0.1, 0.15) is 24.0 Å². The summed E-state index contributed by atoms with van der Waals surface area (Å²) in [5.41, 5.74) is 3.79. The number of aromatic hydroxyl groups is 1. The molecule has 1 amide bonds. The molecule has 158 valence electrons. The fourth-order valence-electron chi connectivity index (χ4n) is 3.17. The largest absolute Gasteiger partial charge is 0.508 e. The quantitative estimate of drug-likeness (QED) is 0.472. The Morgan fingerprint density at radius 2 is 1.55 bits per heavy atom. The zero-order chi connectivity index (χ0) is 22.1. The molecule has 0 bridgehead atoms. The van der Waals surface area contributed by atoms with E-state index in [1.54, 1.807) is 36.4 Å². The molecule has 2 aromatic rings. The SMILES string of the molecule is C=CC(=O)NCCCCOc1ccc(C(=C2C=CC(=O)C=C2)c2ccc(O)cc2)cc1. The number of ketones is 1. The number of rotatable bonds is 9. The standard InChI is InChI=1S/C26H25NO4/c1-2-25(30)27-17-3-4-18-31-24-15-9-21(10-16-24)26(19-5-11-22(28)12-6-19)20-7-13-23(29)14-8-20/h2,5-16,28H,1,3-4,17-18H2,(H,27,30). The third-order valence-corrected chi connectivity index (χ3v) is 4.77. The summed E-state index contributed by atoms with van der Waals surface area (Å²) in [6.45, 7) is 4.57. The van der Waals surface area contributed by atoms with E-state index in [1.807, 2.05) is 36.4 Å². The van der Waals surface area contributed by atoms with E-state index in [-0.39, 0.29) is 17.4 Å². The van der Waals surface area contributed by atoms with Crippen molar-refractivity contribution in [3.8, 4) is 11.5 Å². The van der Waals surface area contributed by atoms with Crippen LogP contribution in [0.3, 0.4) is 0 Å². The molecule has 1 aliphatic rings. The van der Waals surface area contributed by atoms with Gasteiger partial charge in [0.2, 0.25) is 5.91 Å². The summed E-state index contributed by atoms with van der Waals surface area (Å²) in [6, 6.07) is 14.8. The third-order valence-electron chi connectivity index (χ3n) is 4.77. The van der Waals surface area contributed by atoms with Crippen LogP contribution < -0.4 is 10.1 Å². The van der Waals surface area contributed by atoms with Crippen molar-refractivity contribution in [3.05, 3.63) is 102 Å². The number of phenols is 1. The molecule has 2 N–H and O–H groups in total. The van der Waals surface area contributed by atoms with Gasteiger partial charge in [0.05, 0.1) is 6.61 Å². The van der Waals surface area contributed by atoms with Crippen LogP contribution in [-0.4, -0.2) is 29.9 Å². The first-order valence-corrected chi connectivity index (χ1v) is 10.1. The summed E-state index contributed by atoms with van der Waals surface area (Å²) in [5, 5.41) is 12.4. The lowest BCUT2D eigenvalue weighted by molar-refractivity contribution is -0.116. The Hall–Kier alpha value is -3.86. The van der Waals surface area contributed by atoms with Crippen molar-refractivity contribution in [2.45, 2.75) is 12.8 Å². The number of unbranched alkanes of at least 4 members (excludes halogenated alkanes) is 1. The van der Waals surface area contributed by atoms with Crippen molar-refractivity contribution in [2.75, 3.05) is 13.2 Å². The van der Waals surface area contributed by atoms with Crippen LogP contribution in [0.15, 0.2) is 91.1 Å². The van der Waals surface area contributed by atoms with E-state index >= 15 is 0 Å². The van der Waals surface area contributed by atoms with Gasteiger partial charge in [-0.05, 0) is 77.6 Å². The number of amides is 1. The Labute approximate surface area is 182 Å². The molecule has 1 aliphatic carbocycles. The number of phenolic OH excluding ortho intramolecular Hbond substituents is 1. The number of allylic oxidation sites excluding steroid dienone is 5. The fourth-order valence-corrected chi connectivity index (χ4v) is 3.17. The molecule has 5 nitrogen and oxygen atoms in total. The summed E-state index contributed by atoms with van der Waals surface area (Å²) in [6.07, 6.45) is 9.61. The first-order valence-electron chi connectivity index (χ1n) is 10.1. The van der Waals surface area contributed by atoms with Crippen molar-refractivity contribution < 1.29 is 19.4 Å². The minimum Gasteiger partial charge on any atom is -0.508 e. The van der Waals surface area contributed by atoms with E-state index in [0.717, 1.165) is 40.9 Å². The molecule has 0 saturated heterocycles. The second-order valence-electron chi connectivity index (χ2n) is 7.02. The number of nitrogens with one attached hydrogen (secondary N) is 1. The molecule has 5 heteroatoms. The van der Waals surface area contributed by atoms with Gasteiger partial charge in [0.1, 0.15) is 11.5 Å². The molecule has 0 unspecified atom stereocenters. The maximum atomic E-state index is 11.5. The lowest BCUT2D eigenvalue weighted by atomic mass is 9.91. The van der Waals surface area contributed by atoms with Gasteiger partial charge in [-0.25, -0.2) is 0 Å². The van der Waals surface area contributed by atoms with Gasteiger partial charge >= 0.3 is 0 Å². The average Bonchev–Trinajstić information content (AvgIpc) is 2.79. The van der Waals surface area contributed by atoms with Crippen LogP contribution in [0.2, 0.25) is 0 Å². The van der Waals surface area contributed by atoms with E-state index in [2.05, 4.69) is 11.9 Å². The van der Waals surface area contributed by atoms with Crippen molar-refractivity contribution in [1.29, 1.82) is 0 Å². The molecular formula is C26H25NO4.